The van der Waals surface area contributed by atoms with Crippen molar-refractivity contribution >= 4 is 39.9 Å². The number of nitrogens with zero attached hydrogens (tertiary/aromatic N) is 4. The number of aromatic amines is 1. The second kappa shape index (κ2) is 9.77. The molecule has 0 radical (unpaired) electrons. The second-order valence-corrected chi connectivity index (χ2v) is 8.02. The van der Waals surface area contributed by atoms with Crippen LogP contribution in [0.5, 0.6) is 0 Å². The molecule has 4 aromatic rings. The van der Waals surface area contributed by atoms with Crippen molar-refractivity contribution < 1.29 is 9.36 Å². The van der Waals surface area contributed by atoms with Crippen LogP contribution in [0.15, 0.2) is 30.5 Å². The molecule has 0 fully saturated rings. The molecule has 178 valence electrons. The molecule has 1 amide bonds. The minimum Gasteiger partial charge on any atom is -0.382 e. The third kappa shape index (κ3) is 4.49. The summed E-state index contributed by atoms with van der Waals surface area (Å²) >= 11 is 0. The quantitative estimate of drug-likeness (QED) is 0.0942. The van der Waals surface area contributed by atoms with Crippen molar-refractivity contribution in [2.75, 3.05) is 12.3 Å². The second-order valence-electron chi connectivity index (χ2n) is 8.02. The number of hydrogen-bond donors (Lipinski definition) is 6. The summed E-state index contributed by atoms with van der Waals surface area (Å²) in [6.07, 6.45) is 3.47. The number of anilines is 1. The third-order valence-corrected chi connectivity index (χ3v) is 5.87. The number of fused-ring (bicyclic) bond motifs is 2. The van der Waals surface area contributed by atoms with Crippen LogP contribution in [0.3, 0.4) is 0 Å². The lowest BCUT2D eigenvalue weighted by Gasteiger charge is -2.07. The molecule has 0 saturated heterocycles. The number of H-pyrrole nitrogens is 1. The predicted molar refractivity (Wildman–Crippen MR) is 131 cm³/mol. The lowest BCUT2D eigenvalue weighted by Crippen LogP contribution is -2.40. The van der Waals surface area contributed by atoms with E-state index in [2.05, 4.69) is 66.8 Å². The molecule has 0 atom stereocenters. The average molecular weight is 464 g/mol. The van der Waals surface area contributed by atoms with Gasteiger partial charge in [-0.15, -0.1) is 0 Å². The van der Waals surface area contributed by atoms with Gasteiger partial charge >= 0.3 is 0 Å². The predicted octanol–water partition coefficient (Wildman–Crippen LogP) is 1.17. The first-order valence-corrected chi connectivity index (χ1v) is 11.4. The Hall–Kier alpha value is -4.15. The van der Waals surface area contributed by atoms with E-state index in [0.29, 0.717) is 24.3 Å². The summed E-state index contributed by atoms with van der Waals surface area (Å²) in [6, 6.07) is 8.22. The van der Waals surface area contributed by atoms with E-state index < -0.39 is 0 Å². The summed E-state index contributed by atoms with van der Waals surface area (Å²) in [4.78, 5) is 24.5. The third-order valence-electron chi connectivity index (χ3n) is 5.87. The number of amides is 1. The van der Waals surface area contributed by atoms with Crippen LogP contribution in [-0.4, -0.2) is 37.9 Å². The summed E-state index contributed by atoms with van der Waals surface area (Å²) < 4.78 is 4.44. The van der Waals surface area contributed by atoms with Crippen LogP contribution < -0.4 is 26.7 Å². The van der Waals surface area contributed by atoms with Crippen LogP contribution in [0.1, 0.15) is 42.1 Å². The van der Waals surface area contributed by atoms with Crippen LogP contribution in [0.4, 0.5) is 5.82 Å². The van der Waals surface area contributed by atoms with Gasteiger partial charge in [0.1, 0.15) is 12.1 Å². The molecule has 11 nitrogen and oxygen atoms in total. The van der Waals surface area contributed by atoms with Gasteiger partial charge in [0, 0.05) is 12.7 Å². The summed E-state index contributed by atoms with van der Waals surface area (Å²) in [7, 11) is 0. The summed E-state index contributed by atoms with van der Waals surface area (Å²) in [5.41, 5.74) is 16.1. The first-order valence-electron chi connectivity index (χ1n) is 11.4. The number of imidazole rings is 1. The molecule has 34 heavy (non-hydrogen) atoms. The summed E-state index contributed by atoms with van der Waals surface area (Å²) in [6.45, 7) is 6.72. The highest BCUT2D eigenvalue weighted by Crippen LogP contribution is 2.19. The maximum Gasteiger partial charge on any atom is 0.277 e. The Balaban J connectivity index is 1.57. The molecule has 0 bridgehead atoms. The smallest absolute Gasteiger partial charge is 0.277 e. The minimum absolute atomic E-state index is 0.00764. The maximum atomic E-state index is 12.9. The molecule has 1 aromatic carbocycles. The lowest BCUT2D eigenvalue weighted by atomic mass is 10.1. The molecular formula is C23H31N10O+. The molecule has 11 heteroatoms. The van der Waals surface area contributed by atoms with Crippen molar-refractivity contribution in [1.82, 2.24) is 30.2 Å². The molecular weight excluding hydrogens is 432 g/mol. The number of aromatic nitrogens is 5. The number of rotatable bonds is 9. The van der Waals surface area contributed by atoms with Gasteiger partial charge in [-0.3, -0.25) is 10.2 Å². The molecule has 8 N–H and O–H groups in total. The molecule has 0 spiro atoms. The molecule has 0 unspecified atom stereocenters. The van der Waals surface area contributed by atoms with Crippen LogP contribution in [0.2, 0.25) is 0 Å². The van der Waals surface area contributed by atoms with Crippen molar-refractivity contribution in [3.05, 3.63) is 47.5 Å². The van der Waals surface area contributed by atoms with Crippen molar-refractivity contribution in [2.24, 2.45) is 5.73 Å². The molecule has 0 aliphatic rings. The fourth-order valence-electron chi connectivity index (χ4n) is 4.30. The number of nitrogens with one attached hydrogen (secondary N) is 4. The molecule has 3 aromatic heterocycles. The first-order chi connectivity index (χ1) is 16.4. The normalized spacial score (nSPS) is 11.2. The number of benzene rings is 1. The average Bonchev–Trinajstić information content (AvgIpc) is 3.39. The number of nitrogen functional groups attached to an aromatic ring is 1. The fourth-order valence-corrected chi connectivity index (χ4v) is 4.30. The largest absolute Gasteiger partial charge is 0.382 e. The summed E-state index contributed by atoms with van der Waals surface area (Å²) in [5.74, 6) is 0.725. The monoisotopic (exact) mass is 463 g/mol. The van der Waals surface area contributed by atoms with E-state index in [9.17, 15) is 4.79 Å². The number of hydrogen-bond acceptors (Lipinski definition) is 5. The van der Waals surface area contributed by atoms with Crippen LogP contribution in [0.25, 0.3) is 22.2 Å². The van der Waals surface area contributed by atoms with Gasteiger partial charge in [0.25, 0.3) is 11.7 Å². The van der Waals surface area contributed by atoms with Crippen molar-refractivity contribution in [1.29, 1.82) is 5.41 Å². The van der Waals surface area contributed by atoms with Crippen LogP contribution >= 0.6 is 0 Å². The Kier molecular flexibility index (Phi) is 6.62. The number of aryl methyl sites for hydroxylation is 3. The minimum atomic E-state index is -0.359. The van der Waals surface area contributed by atoms with E-state index in [1.165, 1.54) is 5.56 Å². The first kappa shape index (κ1) is 23.0. The number of carbonyl (C=O) groups is 1. The zero-order valence-corrected chi connectivity index (χ0v) is 19.5. The van der Waals surface area contributed by atoms with E-state index in [1.807, 2.05) is 0 Å². The van der Waals surface area contributed by atoms with Crippen molar-refractivity contribution in [2.45, 2.75) is 46.3 Å². The van der Waals surface area contributed by atoms with Crippen LogP contribution in [-0.2, 0) is 26.1 Å². The van der Waals surface area contributed by atoms with Crippen molar-refractivity contribution in [3.63, 3.8) is 0 Å². The van der Waals surface area contributed by atoms with E-state index in [-0.39, 0.29) is 23.4 Å². The Morgan fingerprint density at radius 1 is 1.24 bits per heavy atom. The highest BCUT2D eigenvalue weighted by atomic mass is 16.1. The number of carbonyl (C=O) groups excluding carboxylic acids is 1. The zero-order valence-electron chi connectivity index (χ0n) is 19.5. The van der Waals surface area contributed by atoms with Gasteiger partial charge in [-0.2, -0.15) is 0 Å². The van der Waals surface area contributed by atoms with Gasteiger partial charge in [-0.25, -0.2) is 19.1 Å². The highest BCUT2D eigenvalue weighted by molar-refractivity contribution is 5.98. The van der Waals surface area contributed by atoms with E-state index in [0.717, 1.165) is 42.8 Å². The van der Waals surface area contributed by atoms with Gasteiger partial charge < -0.3 is 27.1 Å². The SMILES string of the molecule is CCn1c(CNC(=O)c2nc3cc[nH]c3nc2N)[n+](CC)c2ccc(CCCNC(=N)N)cc21. The van der Waals surface area contributed by atoms with Gasteiger partial charge in [0.05, 0.1) is 13.1 Å². The zero-order chi connectivity index (χ0) is 24.2. The molecule has 0 aliphatic heterocycles. The Labute approximate surface area is 197 Å². The van der Waals surface area contributed by atoms with Gasteiger partial charge in [-0.05, 0) is 50.5 Å². The lowest BCUT2D eigenvalue weighted by molar-refractivity contribution is -0.676. The Bertz CT molecular complexity index is 1350. The Morgan fingerprint density at radius 3 is 2.79 bits per heavy atom. The topological polar surface area (TPSA) is 167 Å². The van der Waals surface area contributed by atoms with Crippen LogP contribution in [0, 0.1) is 5.41 Å². The van der Waals surface area contributed by atoms with Crippen molar-refractivity contribution in [3.8, 4) is 0 Å². The van der Waals surface area contributed by atoms with Gasteiger partial charge in [-0.1, -0.05) is 6.07 Å². The molecule has 0 aliphatic carbocycles. The molecule has 0 saturated carbocycles. The summed E-state index contributed by atoms with van der Waals surface area (Å²) in [5, 5.41) is 13.1. The fraction of sp³-hybridized carbons (Fsp3) is 0.348. The van der Waals surface area contributed by atoms with Gasteiger partial charge in [0.2, 0.25) is 0 Å². The van der Waals surface area contributed by atoms with E-state index >= 15 is 0 Å². The van der Waals surface area contributed by atoms with Gasteiger partial charge in [0.15, 0.2) is 34.2 Å². The molecule has 4 rings (SSSR count). The number of guanidine groups is 1. The van der Waals surface area contributed by atoms with E-state index in [4.69, 9.17) is 16.9 Å². The van der Waals surface area contributed by atoms with E-state index in [1.54, 1.807) is 12.3 Å². The highest BCUT2D eigenvalue weighted by Gasteiger charge is 2.25. The standard InChI is InChI=1S/C23H30N10O/c1-3-32-16-8-7-14(6-5-10-28-23(25)26)12-17(16)33(4-2)18(32)13-29-22(34)19-20(24)31-21-15(30-19)9-11-27-21/h7-9,11-12H,3-6,10,13H2,1-2H3,(H7-,24,25,26,27,28,29,30,31,34)/p+1. The molecule has 3 heterocycles. The number of nitrogens with two attached hydrogens (primary N) is 2. The Morgan fingerprint density at radius 2 is 2.06 bits per heavy atom. The maximum absolute atomic E-state index is 12.9.